The lowest BCUT2D eigenvalue weighted by Gasteiger charge is -2.30. The standard InChI is InChI=1S/C23H24N4O4/c1-3-4-7-14-31-22(28)20-15(2)24-23-25-18-8-5-6-9-19(18)26(23)21(20)16-10-12-17(13-11-16)27(29)30/h5-6,8-13,21H,3-4,7,14H2,1-2H3,(H,24,25)/t21-/m0/s1. The van der Waals surface area contributed by atoms with E-state index >= 15 is 0 Å². The highest BCUT2D eigenvalue weighted by Crippen LogP contribution is 2.39. The van der Waals surface area contributed by atoms with Crippen molar-refractivity contribution in [1.82, 2.24) is 9.55 Å². The molecule has 0 amide bonds. The van der Waals surface area contributed by atoms with Crippen LogP contribution in [0.5, 0.6) is 0 Å². The van der Waals surface area contributed by atoms with Crippen LogP contribution in [0, 0.1) is 10.1 Å². The number of rotatable bonds is 7. The SMILES string of the molecule is CCCCCOC(=O)C1=C(C)Nc2nc3ccccc3n2[C@H]1c1ccc([N+](=O)[O-])cc1. The van der Waals surface area contributed by atoms with Gasteiger partial charge in [0.1, 0.15) is 0 Å². The summed E-state index contributed by atoms with van der Waals surface area (Å²) in [4.78, 5) is 28.5. The van der Waals surface area contributed by atoms with Gasteiger partial charge in [0.25, 0.3) is 5.69 Å². The topological polar surface area (TPSA) is 99.3 Å². The number of hydrogen-bond donors (Lipinski definition) is 1. The fraction of sp³-hybridized carbons (Fsp3) is 0.304. The fourth-order valence-corrected chi connectivity index (χ4v) is 3.92. The van der Waals surface area contributed by atoms with Crippen molar-refractivity contribution in [1.29, 1.82) is 0 Å². The van der Waals surface area contributed by atoms with Crippen LogP contribution in [0.25, 0.3) is 11.0 Å². The van der Waals surface area contributed by atoms with Crippen molar-refractivity contribution in [2.24, 2.45) is 0 Å². The van der Waals surface area contributed by atoms with Crippen molar-refractivity contribution >= 4 is 28.6 Å². The summed E-state index contributed by atoms with van der Waals surface area (Å²) in [6, 6.07) is 13.4. The smallest absolute Gasteiger partial charge is 0.338 e. The van der Waals surface area contributed by atoms with Gasteiger partial charge in [0.05, 0.1) is 34.2 Å². The average molecular weight is 420 g/mol. The lowest BCUT2D eigenvalue weighted by molar-refractivity contribution is -0.384. The Labute approximate surface area is 179 Å². The molecule has 1 aliphatic rings. The number of nitrogens with zero attached hydrogens (tertiary/aromatic N) is 3. The number of non-ortho nitro benzene ring substituents is 1. The Bertz CT molecular complexity index is 1160. The van der Waals surface area contributed by atoms with E-state index in [0.717, 1.165) is 35.9 Å². The van der Waals surface area contributed by atoms with Crippen LogP contribution in [0.3, 0.4) is 0 Å². The van der Waals surface area contributed by atoms with Gasteiger partial charge in [-0.2, -0.15) is 0 Å². The summed E-state index contributed by atoms with van der Waals surface area (Å²) in [5.74, 6) is 0.220. The number of hydrogen-bond acceptors (Lipinski definition) is 6. The Balaban J connectivity index is 1.80. The van der Waals surface area contributed by atoms with Gasteiger partial charge in [0.2, 0.25) is 5.95 Å². The van der Waals surface area contributed by atoms with Crippen molar-refractivity contribution in [2.75, 3.05) is 11.9 Å². The normalized spacial score (nSPS) is 15.5. The quantitative estimate of drug-likeness (QED) is 0.251. The van der Waals surface area contributed by atoms with Gasteiger partial charge in [-0.1, -0.05) is 31.9 Å². The van der Waals surface area contributed by atoms with E-state index in [1.807, 2.05) is 35.8 Å². The minimum absolute atomic E-state index is 0.00205. The minimum atomic E-state index is -0.511. The number of allylic oxidation sites excluding steroid dienone is 1. The second kappa shape index (κ2) is 8.59. The van der Waals surface area contributed by atoms with Crippen LogP contribution in [-0.4, -0.2) is 27.1 Å². The number of fused-ring (bicyclic) bond motifs is 3. The number of esters is 1. The summed E-state index contributed by atoms with van der Waals surface area (Å²) in [7, 11) is 0. The van der Waals surface area contributed by atoms with Crippen molar-refractivity contribution in [3.8, 4) is 0 Å². The van der Waals surface area contributed by atoms with Crippen LogP contribution in [0.2, 0.25) is 0 Å². The molecule has 2 heterocycles. The lowest BCUT2D eigenvalue weighted by Crippen LogP contribution is -2.29. The van der Waals surface area contributed by atoms with Crippen LogP contribution in [-0.2, 0) is 9.53 Å². The van der Waals surface area contributed by atoms with Crippen LogP contribution in [0.15, 0.2) is 59.8 Å². The van der Waals surface area contributed by atoms with Crippen LogP contribution >= 0.6 is 0 Å². The fourth-order valence-electron chi connectivity index (χ4n) is 3.92. The van der Waals surface area contributed by atoms with Gasteiger partial charge in [0.15, 0.2) is 0 Å². The van der Waals surface area contributed by atoms with Gasteiger partial charge in [-0.25, -0.2) is 9.78 Å². The molecular formula is C23H24N4O4. The van der Waals surface area contributed by atoms with E-state index < -0.39 is 16.9 Å². The first-order valence-electron chi connectivity index (χ1n) is 10.4. The maximum Gasteiger partial charge on any atom is 0.338 e. The molecule has 0 fully saturated rings. The number of carbonyl (C=O) groups excluding carboxylic acids is 1. The molecular weight excluding hydrogens is 396 g/mol. The van der Waals surface area contributed by atoms with E-state index in [0.29, 0.717) is 23.8 Å². The Morgan fingerprint density at radius 1 is 1.19 bits per heavy atom. The number of imidazole rings is 1. The maximum atomic E-state index is 13.1. The number of nitro benzene ring substituents is 1. The Hall–Kier alpha value is -3.68. The Kier molecular flexibility index (Phi) is 5.70. The molecule has 1 atom stereocenters. The molecule has 8 heteroatoms. The maximum absolute atomic E-state index is 13.1. The first kappa shape index (κ1) is 20.6. The van der Waals surface area contributed by atoms with Gasteiger partial charge >= 0.3 is 5.97 Å². The zero-order chi connectivity index (χ0) is 22.0. The number of para-hydroxylation sites is 2. The van der Waals surface area contributed by atoms with E-state index in [1.165, 1.54) is 12.1 Å². The summed E-state index contributed by atoms with van der Waals surface area (Å²) in [5, 5.41) is 14.3. The predicted molar refractivity (Wildman–Crippen MR) is 118 cm³/mol. The molecule has 0 unspecified atom stereocenters. The van der Waals surface area contributed by atoms with Gasteiger partial charge in [-0.3, -0.25) is 14.7 Å². The molecule has 0 aliphatic carbocycles. The first-order valence-corrected chi connectivity index (χ1v) is 10.4. The number of unbranched alkanes of at least 4 members (excludes halogenated alkanes) is 2. The van der Waals surface area contributed by atoms with Crippen LogP contribution in [0.1, 0.15) is 44.7 Å². The molecule has 1 aliphatic heterocycles. The minimum Gasteiger partial charge on any atom is -0.462 e. The lowest BCUT2D eigenvalue weighted by atomic mass is 9.95. The Morgan fingerprint density at radius 2 is 1.94 bits per heavy atom. The van der Waals surface area contributed by atoms with Gasteiger partial charge in [-0.05, 0) is 43.2 Å². The molecule has 0 bridgehead atoms. The van der Waals surface area contributed by atoms with Gasteiger partial charge in [0, 0.05) is 17.8 Å². The van der Waals surface area contributed by atoms with Crippen LogP contribution < -0.4 is 5.32 Å². The van der Waals surface area contributed by atoms with Gasteiger partial charge < -0.3 is 10.1 Å². The van der Waals surface area contributed by atoms with Gasteiger partial charge in [-0.15, -0.1) is 0 Å². The Morgan fingerprint density at radius 3 is 2.65 bits per heavy atom. The highest BCUT2D eigenvalue weighted by atomic mass is 16.6. The monoisotopic (exact) mass is 420 g/mol. The van der Waals surface area contributed by atoms with Crippen molar-refractivity contribution in [3.05, 3.63) is 75.5 Å². The third-order valence-electron chi connectivity index (χ3n) is 5.45. The molecule has 0 saturated carbocycles. The molecule has 160 valence electrons. The van der Waals surface area contributed by atoms with E-state index in [-0.39, 0.29) is 5.69 Å². The number of anilines is 1. The first-order chi connectivity index (χ1) is 15.0. The number of ether oxygens (including phenoxy) is 1. The van der Waals surface area contributed by atoms with E-state index in [9.17, 15) is 14.9 Å². The summed E-state index contributed by atoms with van der Waals surface area (Å²) in [6.45, 7) is 4.27. The van der Waals surface area contributed by atoms with E-state index in [2.05, 4.69) is 17.2 Å². The van der Waals surface area contributed by atoms with Crippen molar-refractivity contribution in [2.45, 2.75) is 39.2 Å². The summed E-state index contributed by atoms with van der Waals surface area (Å²) >= 11 is 0. The molecule has 3 aromatic rings. The molecule has 2 aromatic carbocycles. The number of nitro groups is 1. The number of nitrogens with one attached hydrogen (secondary N) is 1. The average Bonchev–Trinajstić information content (AvgIpc) is 3.13. The molecule has 1 N–H and O–H groups in total. The predicted octanol–water partition coefficient (Wildman–Crippen LogP) is 4.97. The van der Waals surface area contributed by atoms with E-state index in [4.69, 9.17) is 4.74 Å². The molecule has 0 saturated heterocycles. The molecule has 4 rings (SSSR count). The highest BCUT2D eigenvalue weighted by molar-refractivity contribution is 5.94. The zero-order valence-electron chi connectivity index (χ0n) is 17.5. The molecule has 8 nitrogen and oxygen atoms in total. The number of carbonyl (C=O) groups is 1. The summed E-state index contributed by atoms with van der Waals surface area (Å²) in [5.41, 5.74) is 3.53. The molecule has 31 heavy (non-hydrogen) atoms. The summed E-state index contributed by atoms with van der Waals surface area (Å²) in [6.07, 6.45) is 2.84. The second-order valence-corrected chi connectivity index (χ2v) is 7.55. The zero-order valence-corrected chi connectivity index (χ0v) is 17.5. The van der Waals surface area contributed by atoms with Crippen molar-refractivity contribution in [3.63, 3.8) is 0 Å². The largest absolute Gasteiger partial charge is 0.462 e. The second-order valence-electron chi connectivity index (χ2n) is 7.55. The third-order valence-corrected chi connectivity index (χ3v) is 5.45. The summed E-state index contributed by atoms with van der Waals surface area (Å²) < 4.78 is 7.54. The highest BCUT2D eigenvalue weighted by Gasteiger charge is 2.35. The van der Waals surface area contributed by atoms with Crippen molar-refractivity contribution < 1.29 is 14.5 Å². The third kappa shape index (κ3) is 3.88. The van der Waals surface area contributed by atoms with Crippen LogP contribution in [0.4, 0.5) is 11.6 Å². The number of benzene rings is 2. The number of aromatic nitrogens is 2. The molecule has 0 spiro atoms. The molecule has 1 aromatic heterocycles. The van der Waals surface area contributed by atoms with E-state index in [1.54, 1.807) is 12.1 Å². The molecule has 0 radical (unpaired) electrons.